The minimum atomic E-state index is -0.347. The van der Waals surface area contributed by atoms with E-state index >= 15 is 0 Å². The van der Waals surface area contributed by atoms with Gasteiger partial charge in [0.25, 0.3) is 0 Å². The average molecular weight is 294 g/mol. The Morgan fingerprint density at radius 1 is 1.25 bits per heavy atom. The third kappa shape index (κ3) is 3.71. The second-order valence-electron chi connectivity index (χ2n) is 4.33. The van der Waals surface area contributed by atoms with Crippen LogP contribution < -0.4 is 5.32 Å². The van der Waals surface area contributed by atoms with E-state index in [0.29, 0.717) is 11.1 Å². The predicted molar refractivity (Wildman–Crippen MR) is 75.1 cm³/mol. The van der Waals surface area contributed by atoms with Gasteiger partial charge in [0.1, 0.15) is 11.6 Å². The molecule has 1 amide bonds. The number of carbonyl (C=O) groups is 1. The molecule has 0 saturated carbocycles. The van der Waals surface area contributed by atoms with Gasteiger partial charge in [-0.1, -0.05) is 35.9 Å². The molecule has 2 rings (SSSR count). The molecular formula is C15H13ClFNO2. The number of rotatable bonds is 4. The molecule has 20 heavy (non-hydrogen) atoms. The van der Waals surface area contributed by atoms with Crippen molar-refractivity contribution in [2.24, 2.45) is 0 Å². The van der Waals surface area contributed by atoms with Crippen LogP contribution in [-0.2, 0) is 17.8 Å². The number of carbonyl (C=O) groups excluding carboxylic acids is 1. The van der Waals surface area contributed by atoms with Crippen molar-refractivity contribution in [1.82, 2.24) is 5.32 Å². The van der Waals surface area contributed by atoms with Crippen molar-refractivity contribution in [2.75, 3.05) is 0 Å². The molecule has 0 aromatic heterocycles. The number of nitrogens with one attached hydrogen (secondary N) is 1. The Labute approximate surface area is 121 Å². The minimum Gasteiger partial charge on any atom is -0.506 e. The third-order valence-corrected chi connectivity index (χ3v) is 3.11. The molecule has 0 spiro atoms. The number of aromatic hydroxyl groups is 1. The SMILES string of the molecule is O=C(Cc1ccc(O)c(Cl)c1)NCc1ccccc1F. The Bertz CT molecular complexity index is 631. The maximum absolute atomic E-state index is 13.4. The number of hydrogen-bond acceptors (Lipinski definition) is 2. The number of phenols is 1. The maximum atomic E-state index is 13.4. The Balaban J connectivity index is 1.93. The van der Waals surface area contributed by atoms with Crippen LogP contribution in [0.25, 0.3) is 0 Å². The fourth-order valence-electron chi connectivity index (χ4n) is 1.74. The molecule has 0 atom stereocenters. The molecule has 0 radical (unpaired) electrons. The first kappa shape index (κ1) is 14.3. The van der Waals surface area contributed by atoms with E-state index in [1.807, 2.05) is 0 Å². The summed E-state index contributed by atoms with van der Waals surface area (Å²) < 4.78 is 13.4. The van der Waals surface area contributed by atoms with E-state index in [4.69, 9.17) is 11.6 Å². The van der Waals surface area contributed by atoms with Crippen LogP contribution in [0.5, 0.6) is 5.75 Å². The number of benzene rings is 2. The summed E-state index contributed by atoms with van der Waals surface area (Å²) in [6.45, 7) is 0.136. The second kappa shape index (κ2) is 6.39. The molecule has 0 bridgehead atoms. The van der Waals surface area contributed by atoms with Crippen LogP contribution in [0.3, 0.4) is 0 Å². The summed E-state index contributed by atoms with van der Waals surface area (Å²) in [6, 6.07) is 10.9. The van der Waals surface area contributed by atoms with Crippen molar-refractivity contribution in [3.63, 3.8) is 0 Å². The minimum absolute atomic E-state index is 0.0258. The van der Waals surface area contributed by atoms with Crippen LogP contribution in [-0.4, -0.2) is 11.0 Å². The van der Waals surface area contributed by atoms with Gasteiger partial charge < -0.3 is 10.4 Å². The van der Waals surface area contributed by atoms with E-state index in [1.54, 1.807) is 24.3 Å². The summed E-state index contributed by atoms with van der Waals surface area (Å²) in [5.74, 6) is -0.613. The lowest BCUT2D eigenvalue weighted by Crippen LogP contribution is -2.25. The Morgan fingerprint density at radius 3 is 2.70 bits per heavy atom. The van der Waals surface area contributed by atoms with E-state index in [1.165, 1.54) is 18.2 Å². The van der Waals surface area contributed by atoms with Gasteiger partial charge in [-0.05, 0) is 23.8 Å². The molecule has 0 fully saturated rings. The zero-order valence-corrected chi connectivity index (χ0v) is 11.3. The van der Waals surface area contributed by atoms with Crippen molar-refractivity contribution in [2.45, 2.75) is 13.0 Å². The van der Waals surface area contributed by atoms with E-state index < -0.39 is 0 Å². The van der Waals surface area contributed by atoms with Gasteiger partial charge in [0, 0.05) is 12.1 Å². The molecule has 2 aromatic rings. The fourth-order valence-corrected chi connectivity index (χ4v) is 1.95. The molecule has 5 heteroatoms. The summed E-state index contributed by atoms with van der Waals surface area (Å²) >= 11 is 5.76. The van der Waals surface area contributed by atoms with Crippen molar-refractivity contribution < 1.29 is 14.3 Å². The lowest BCUT2D eigenvalue weighted by atomic mass is 10.1. The number of hydrogen-bond donors (Lipinski definition) is 2. The first-order chi connectivity index (χ1) is 9.56. The lowest BCUT2D eigenvalue weighted by molar-refractivity contribution is -0.120. The highest BCUT2D eigenvalue weighted by Crippen LogP contribution is 2.23. The van der Waals surface area contributed by atoms with E-state index in [-0.39, 0.29) is 35.5 Å². The van der Waals surface area contributed by atoms with Crippen molar-refractivity contribution in [3.05, 3.63) is 64.4 Å². The largest absolute Gasteiger partial charge is 0.506 e. The smallest absolute Gasteiger partial charge is 0.224 e. The Kier molecular flexibility index (Phi) is 4.58. The summed E-state index contributed by atoms with van der Waals surface area (Å²) in [7, 11) is 0. The molecule has 2 N–H and O–H groups in total. The highest BCUT2D eigenvalue weighted by Gasteiger charge is 2.07. The van der Waals surface area contributed by atoms with Gasteiger partial charge in [0.2, 0.25) is 5.91 Å². The van der Waals surface area contributed by atoms with Crippen molar-refractivity contribution >= 4 is 17.5 Å². The summed E-state index contributed by atoms with van der Waals surface area (Å²) in [4.78, 5) is 11.8. The van der Waals surface area contributed by atoms with Gasteiger partial charge in [0.05, 0.1) is 11.4 Å². The van der Waals surface area contributed by atoms with Gasteiger partial charge >= 0.3 is 0 Å². The molecular weight excluding hydrogens is 281 g/mol. The van der Waals surface area contributed by atoms with Crippen LogP contribution in [0, 0.1) is 5.82 Å². The normalized spacial score (nSPS) is 10.3. The highest BCUT2D eigenvalue weighted by atomic mass is 35.5. The van der Waals surface area contributed by atoms with Crippen LogP contribution in [0.1, 0.15) is 11.1 Å². The molecule has 0 aliphatic heterocycles. The van der Waals surface area contributed by atoms with Gasteiger partial charge in [-0.2, -0.15) is 0 Å². The molecule has 0 saturated heterocycles. The van der Waals surface area contributed by atoms with Gasteiger partial charge in [-0.3, -0.25) is 4.79 Å². The molecule has 104 valence electrons. The first-order valence-electron chi connectivity index (χ1n) is 6.04. The van der Waals surface area contributed by atoms with E-state index in [9.17, 15) is 14.3 Å². The van der Waals surface area contributed by atoms with Crippen LogP contribution >= 0.6 is 11.6 Å². The monoisotopic (exact) mass is 293 g/mol. The van der Waals surface area contributed by atoms with Crippen LogP contribution in [0.4, 0.5) is 4.39 Å². The summed E-state index contributed by atoms with van der Waals surface area (Å²) in [6.07, 6.45) is 0.119. The Morgan fingerprint density at radius 2 is 2.00 bits per heavy atom. The zero-order valence-electron chi connectivity index (χ0n) is 10.6. The van der Waals surface area contributed by atoms with Gasteiger partial charge in [0.15, 0.2) is 0 Å². The topological polar surface area (TPSA) is 49.3 Å². The van der Waals surface area contributed by atoms with E-state index in [2.05, 4.69) is 5.32 Å². The number of amides is 1. The molecule has 3 nitrogen and oxygen atoms in total. The molecule has 2 aromatic carbocycles. The zero-order chi connectivity index (χ0) is 14.5. The van der Waals surface area contributed by atoms with Crippen molar-refractivity contribution in [1.29, 1.82) is 0 Å². The standard InChI is InChI=1S/C15H13ClFNO2/c16-12-7-10(5-6-14(12)19)8-15(20)18-9-11-3-1-2-4-13(11)17/h1-7,19H,8-9H2,(H,18,20). The lowest BCUT2D eigenvalue weighted by Gasteiger charge is -2.07. The number of halogens is 2. The average Bonchev–Trinajstić information content (AvgIpc) is 2.42. The number of phenolic OH excluding ortho intramolecular Hbond substituents is 1. The van der Waals surface area contributed by atoms with Crippen molar-refractivity contribution in [3.8, 4) is 5.75 Å². The fraction of sp³-hybridized carbons (Fsp3) is 0.133. The summed E-state index contributed by atoms with van der Waals surface area (Å²) in [5, 5.41) is 12.1. The van der Waals surface area contributed by atoms with Crippen LogP contribution in [0.15, 0.2) is 42.5 Å². The van der Waals surface area contributed by atoms with Crippen LogP contribution in [0.2, 0.25) is 5.02 Å². The predicted octanol–water partition coefficient (Wildman–Crippen LogP) is 3.04. The molecule has 0 unspecified atom stereocenters. The summed E-state index contributed by atoms with van der Waals surface area (Å²) in [5.41, 5.74) is 1.11. The maximum Gasteiger partial charge on any atom is 0.224 e. The highest BCUT2D eigenvalue weighted by molar-refractivity contribution is 6.32. The Hall–Kier alpha value is -2.07. The van der Waals surface area contributed by atoms with Gasteiger partial charge in [-0.15, -0.1) is 0 Å². The molecule has 0 heterocycles. The van der Waals surface area contributed by atoms with Gasteiger partial charge in [-0.25, -0.2) is 4.39 Å². The van der Waals surface area contributed by atoms with E-state index in [0.717, 1.165) is 0 Å². The molecule has 0 aliphatic rings. The molecule has 0 aliphatic carbocycles. The second-order valence-corrected chi connectivity index (χ2v) is 4.74. The third-order valence-electron chi connectivity index (χ3n) is 2.81. The quantitative estimate of drug-likeness (QED) is 0.910. The first-order valence-corrected chi connectivity index (χ1v) is 6.41.